The molecule has 290 valence electrons. The fourth-order valence-corrected chi connectivity index (χ4v) is 6.81. The van der Waals surface area contributed by atoms with Gasteiger partial charge >= 0.3 is 0 Å². The molecule has 1 aromatic carbocycles. The number of hydrogen-bond donors (Lipinski definition) is 0. The molecule has 0 unspecified atom stereocenters. The number of Topliss-reactive ketones (excluding diaryl/α,β-unsaturated/α-hetero) is 2. The standard InChI is InChI=1S/C51H74O2/c1-11-38(2)20-14-21-39(3)22-15-23-40(4)24-16-25-41(5)26-17-27-42(6)28-18-29-43(7)34-35-44(8)30-19-31-45(9)36-37-47-46(10)50(52)48-32-12-13-33-49(48)51(47)53/h12-13,20,22,24,26,28,32-34,36,44H,11,14-19,21,23,25,27,29-31,35,37H2,1-10H3/t44-/m1/s1. The second-order valence-electron chi connectivity index (χ2n) is 16.1. The molecular weight excluding hydrogens is 645 g/mol. The Morgan fingerprint density at radius 1 is 0.547 bits per heavy atom. The Morgan fingerprint density at radius 3 is 1.40 bits per heavy atom. The zero-order valence-electron chi connectivity index (χ0n) is 35.6. The zero-order chi connectivity index (χ0) is 39.2. The van der Waals surface area contributed by atoms with Crippen LogP contribution in [0.1, 0.15) is 193 Å². The Labute approximate surface area is 326 Å². The van der Waals surface area contributed by atoms with E-state index in [9.17, 15) is 9.59 Å². The number of rotatable bonds is 24. The van der Waals surface area contributed by atoms with E-state index in [0.29, 0.717) is 34.6 Å². The molecule has 0 saturated heterocycles. The van der Waals surface area contributed by atoms with Gasteiger partial charge in [0.15, 0.2) is 11.6 Å². The molecule has 53 heavy (non-hydrogen) atoms. The van der Waals surface area contributed by atoms with Crippen LogP contribution < -0.4 is 0 Å². The van der Waals surface area contributed by atoms with Crippen LogP contribution in [0, 0.1) is 5.92 Å². The van der Waals surface area contributed by atoms with Gasteiger partial charge in [0.05, 0.1) is 0 Å². The van der Waals surface area contributed by atoms with Crippen molar-refractivity contribution in [2.45, 2.75) is 172 Å². The molecule has 1 aliphatic rings. The summed E-state index contributed by atoms with van der Waals surface area (Å²) in [4.78, 5) is 25.8. The minimum Gasteiger partial charge on any atom is -0.289 e. The predicted molar refractivity (Wildman–Crippen MR) is 233 cm³/mol. The molecule has 0 aromatic heterocycles. The predicted octanol–water partition coefficient (Wildman–Crippen LogP) is 15.9. The van der Waals surface area contributed by atoms with Gasteiger partial charge in [0, 0.05) is 22.3 Å². The van der Waals surface area contributed by atoms with E-state index in [1.807, 2.05) is 12.1 Å². The summed E-state index contributed by atoms with van der Waals surface area (Å²) in [6.07, 6.45) is 34.5. The van der Waals surface area contributed by atoms with Crippen molar-refractivity contribution in [3.8, 4) is 0 Å². The molecule has 0 amide bonds. The highest BCUT2D eigenvalue weighted by Gasteiger charge is 2.28. The minimum atomic E-state index is -0.0152. The molecule has 2 heteroatoms. The van der Waals surface area contributed by atoms with Crippen LogP contribution in [0.5, 0.6) is 0 Å². The van der Waals surface area contributed by atoms with Crippen molar-refractivity contribution in [1.82, 2.24) is 0 Å². The Bertz CT molecular complexity index is 1590. The maximum absolute atomic E-state index is 13.0. The molecule has 0 spiro atoms. The molecule has 0 saturated carbocycles. The Balaban J connectivity index is 1.61. The van der Waals surface area contributed by atoms with Crippen LogP contribution in [-0.2, 0) is 0 Å². The number of ketones is 2. The lowest BCUT2D eigenvalue weighted by Crippen LogP contribution is -2.20. The summed E-state index contributed by atoms with van der Waals surface area (Å²) >= 11 is 0. The van der Waals surface area contributed by atoms with E-state index in [2.05, 4.69) is 105 Å². The van der Waals surface area contributed by atoms with E-state index in [1.54, 1.807) is 19.1 Å². The molecule has 1 atom stereocenters. The van der Waals surface area contributed by atoms with E-state index in [1.165, 1.54) is 64.7 Å². The second-order valence-corrected chi connectivity index (χ2v) is 16.1. The van der Waals surface area contributed by atoms with Gasteiger partial charge < -0.3 is 0 Å². The number of carbonyl (C=O) groups excluding carboxylic acids is 2. The van der Waals surface area contributed by atoms with Gasteiger partial charge in [-0.3, -0.25) is 9.59 Å². The van der Waals surface area contributed by atoms with Gasteiger partial charge in [-0.05, 0) is 158 Å². The first-order valence-electron chi connectivity index (χ1n) is 20.8. The molecular formula is C51H74O2. The topological polar surface area (TPSA) is 34.1 Å². The lowest BCUT2D eigenvalue weighted by molar-refractivity contribution is 0.0973. The molecule has 0 N–H and O–H groups in total. The molecule has 0 radical (unpaired) electrons. The van der Waals surface area contributed by atoms with Crippen molar-refractivity contribution in [2.75, 3.05) is 0 Å². The molecule has 2 rings (SSSR count). The average molecular weight is 719 g/mol. The van der Waals surface area contributed by atoms with Gasteiger partial charge in [0.25, 0.3) is 0 Å². The van der Waals surface area contributed by atoms with Gasteiger partial charge in [0.1, 0.15) is 0 Å². The number of fused-ring (bicyclic) bond motifs is 1. The zero-order valence-corrected chi connectivity index (χ0v) is 35.6. The summed E-state index contributed by atoms with van der Waals surface area (Å²) in [6.45, 7) is 22.2. The van der Waals surface area contributed by atoms with Crippen molar-refractivity contribution in [2.24, 2.45) is 5.92 Å². The number of allylic oxidation sites excluding steroid dienone is 16. The Hall–Kier alpha value is -3.52. The molecule has 0 fully saturated rings. The monoisotopic (exact) mass is 719 g/mol. The van der Waals surface area contributed by atoms with E-state index in [4.69, 9.17) is 0 Å². The first-order chi connectivity index (χ1) is 25.3. The van der Waals surface area contributed by atoms with Gasteiger partial charge in [0.2, 0.25) is 0 Å². The number of carbonyl (C=O) groups is 2. The summed E-state index contributed by atoms with van der Waals surface area (Å²) in [7, 11) is 0. The highest BCUT2D eigenvalue weighted by Crippen LogP contribution is 2.29. The number of hydrogen-bond acceptors (Lipinski definition) is 2. The lowest BCUT2D eigenvalue weighted by Gasteiger charge is -2.18. The van der Waals surface area contributed by atoms with Crippen molar-refractivity contribution in [1.29, 1.82) is 0 Å². The van der Waals surface area contributed by atoms with Crippen molar-refractivity contribution >= 4 is 11.6 Å². The van der Waals surface area contributed by atoms with Gasteiger partial charge in [-0.25, -0.2) is 0 Å². The molecule has 2 nitrogen and oxygen atoms in total. The molecule has 1 aliphatic carbocycles. The third kappa shape index (κ3) is 18.4. The maximum Gasteiger partial charge on any atom is 0.190 e. The normalized spacial score (nSPS) is 16.2. The quantitative estimate of drug-likeness (QED) is 0.0997. The van der Waals surface area contributed by atoms with Gasteiger partial charge in [-0.2, -0.15) is 0 Å². The summed E-state index contributed by atoms with van der Waals surface area (Å²) in [5, 5.41) is 0. The third-order valence-corrected chi connectivity index (χ3v) is 11.0. The molecule has 0 heterocycles. The third-order valence-electron chi connectivity index (χ3n) is 11.0. The minimum absolute atomic E-state index is 0.00134. The first-order valence-corrected chi connectivity index (χ1v) is 20.8. The van der Waals surface area contributed by atoms with Crippen LogP contribution in [0.4, 0.5) is 0 Å². The van der Waals surface area contributed by atoms with Gasteiger partial charge in [-0.15, -0.1) is 0 Å². The SMILES string of the molecule is CCC(C)=CCCC(C)=CCCC(C)=CCCC(C)=CCCC(C)=CCCC(C)=CC[C@H](C)CCCC(C)=CCC1=C(C)C(=O)c2ccccc2C1=O. The highest BCUT2D eigenvalue weighted by atomic mass is 16.1. The lowest BCUT2D eigenvalue weighted by atomic mass is 9.83. The molecule has 1 aromatic rings. The maximum atomic E-state index is 13.0. The van der Waals surface area contributed by atoms with Crippen LogP contribution in [0.3, 0.4) is 0 Å². The van der Waals surface area contributed by atoms with Gasteiger partial charge in [-0.1, -0.05) is 126 Å². The van der Waals surface area contributed by atoms with Crippen molar-refractivity contribution in [3.05, 3.63) is 128 Å². The second kappa shape index (κ2) is 25.5. The summed E-state index contributed by atoms with van der Waals surface area (Å²) in [5.74, 6) is 0.641. The highest BCUT2D eigenvalue weighted by molar-refractivity contribution is 6.26. The average Bonchev–Trinajstić information content (AvgIpc) is 3.13. The Morgan fingerprint density at radius 2 is 0.943 bits per heavy atom. The van der Waals surface area contributed by atoms with E-state index >= 15 is 0 Å². The van der Waals surface area contributed by atoms with Crippen LogP contribution in [-0.4, -0.2) is 11.6 Å². The van der Waals surface area contributed by atoms with Crippen molar-refractivity contribution in [3.63, 3.8) is 0 Å². The summed E-state index contributed by atoms with van der Waals surface area (Å²) in [5.41, 5.74) is 12.7. The van der Waals surface area contributed by atoms with Crippen LogP contribution in [0.25, 0.3) is 0 Å². The van der Waals surface area contributed by atoms with E-state index < -0.39 is 0 Å². The fraction of sp³-hybridized carbons (Fsp3) is 0.529. The summed E-state index contributed by atoms with van der Waals surface area (Å²) in [6, 6.07) is 7.18. The van der Waals surface area contributed by atoms with Crippen LogP contribution in [0.15, 0.2) is 117 Å². The molecule has 0 aliphatic heterocycles. The first kappa shape index (κ1) is 45.6. The largest absolute Gasteiger partial charge is 0.289 e. The van der Waals surface area contributed by atoms with Crippen LogP contribution in [0.2, 0.25) is 0 Å². The van der Waals surface area contributed by atoms with E-state index in [-0.39, 0.29) is 11.6 Å². The van der Waals surface area contributed by atoms with E-state index in [0.717, 1.165) is 70.6 Å². The van der Waals surface area contributed by atoms with Crippen LogP contribution >= 0.6 is 0 Å². The Kier molecular flexibility index (Phi) is 21.9. The number of benzene rings is 1. The summed E-state index contributed by atoms with van der Waals surface area (Å²) < 4.78 is 0. The molecule has 0 bridgehead atoms. The fourth-order valence-electron chi connectivity index (χ4n) is 6.81. The van der Waals surface area contributed by atoms with Crippen molar-refractivity contribution < 1.29 is 9.59 Å². The smallest absolute Gasteiger partial charge is 0.190 e.